The molecule has 18 heavy (non-hydrogen) atoms. The van der Waals surface area contributed by atoms with Crippen molar-refractivity contribution in [2.45, 2.75) is 45.6 Å². The standard InChI is InChI=1S/C16H25NO/c1-12-7-6-10-15(13(12)2)18-16-9-5-4-8-14(16)11-17-3/h6-7,10,14,16-17H,4-5,8-9,11H2,1-3H3. The van der Waals surface area contributed by atoms with Crippen molar-refractivity contribution in [3.63, 3.8) is 0 Å². The lowest BCUT2D eigenvalue weighted by molar-refractivity contribution is 0.0923. The highest BCUT2D eigenvalue weighted by Crippen LogP contribution is 2.30. The summed E-state index contributed by atoms with van der Waals surface area (Å²) < 4.78 is 6.29. The Morgan fingerprint density at radius 1 is 1.22 bits per heavy atom. The van der Waals surface area contributed by atoms with E-state index in [2.05, 4.69) is 37.4 Å². The van der Waals surface area contributed by atoms with Crippen LogP contribution in [0.15, 0.2) is 18.2 Å². The maximum absolute atomic E-state index is 6.29. The smallest absolute Gasteiger partial charge is 0.122 e. The maximum atomic E-state index is 6.29. The summed E-state index contributed by atoms with van der Waals surface area (Å²) in [5.74, 6) is 1.73. The highest BCUT2D eigenvalue weighted by atomic mass is 16.5. The summed E-state index contributed by atoms with van der Waals surface area (Å²) in [7, 11) is 2.03. The largest absolute Gasteiger partial charge is 0.490 e. The molecule has 0 aromatic heterocycles. The van der Waals surface area contributed by atoms with Gasteiger partial charge in [-0.2, -0.15) is 0 Å². The second kappa shape index (κ2) is 6.24. The molecule has 0 spiro atoms. The van der Waals surface area contributed by atoms with Crippen LogP contribution in [0.5, 0.6) is 5.75 Å². The minimum Gasteiger partial charge on any atom is -0.490 e. The first-order chi connectivity index (χ1) is 8.72. The van der Waals surface area contributed by atoms with E-state index in [0.717, 1.165) is 12.3 Å². The van der Waals surface area contributed by atoms with Crippen LogP contribution in [0, 0.1) is 19.8 Å². The molecule has 1 aromatic carbocycles. The fraction of sp³-hybridized carbons (Fsp3) is 0.625. The number of nitrogens with one attached hydrogen (secondary N) is 1. The normalized spacial score (nSPS) is 23.9. The molecule has 1 aromatic rings. The van der Waals surface area contributed by atoms with Gasteiger partial charge in [-0.15, -0.1) is 0 Å². The van der Waals surface area contributed by atoms with E-state index in [0.29, 0.717) is 12.0 Å². The average molecular weight is 247 g/mol. The zero-order valence-corrected chi connectivity index (χ0v) is 11.8. The molecule has 0 saturated heterocycles. The van der Waals surface area contributed by atoms with Crippen LogP contribution in [0.4, 0.5) is 0 Å². The summed E-state index contributed by atoms with van der Waals surface area (Å²) in [6.45, 7) is 5.37. The second-order valence-corrected chi connectivity index (χ2v) is 5.46. The quantitative estimate of drug-likeness (QED) is 0.879. The van der Waals surface area contributed by atoms with Crippen molar-refractivity contribution in [1.29, 1.82) is 0 Å². The highest BCUT2D eigenvalue weighted by Gasteiger charge is 2.26. The number of rotatable bonds is 4. The Morgan fingerprint density at radius 2 is 2.00 bits per heavy atom. The lowest BCUT2D eigenvalue weighted by Gasteiger charge is -2.32. The summed E-state index contributed by atoms with van der Waals surface area (Å²) in [4.78, 5) is 0. The van der Waals surface area contributed by atoms with Gasteiger partial charge in [0.15, 0.2) is 0 Å². The lowest BCUT2D eigenvalue weighted by atomic mass is 9.86. The number of ether oxygens (including phenoxy) is 1. The molecule has 1 fully saturated rings. The van der Waals surface area contributed by atoms with Crippen molar-refractivity contribution < 1.29 is 4.74 Å². The molecule has 2 unspecified atom stereocenters. The molecule has 100 valence electrons. The number of aryl methyl sites for hydroxylation is 1. The van der Waals surface area contributed by atoms with Crippen molar-refractivity contribution >= 4 is 0 Å². The molecule has 0 amide bonds. The predicted octanol–water partition coefficient (Wildman–Crippen LogP) is 3.46. The van der Waals surface area contributed by atoms with Gasteiger partial charge in [-0.1, -0.05) is 18.6 Å². The van der Waals surface area contributed by atoms with Crippen LogP contribution in [-0.4, -0.2) is 19.7 Å². The molecule has 1 aliphatic rings. The van der Waals surface area contributed by atoms with Gasteiger partial charge < -0.3 is 10.1 Å². The van der Waals surface area contributed by atoms with Crippen LogP contribution in [0.1, 0.15) is 36.8 Å². The van der Waals surface area contributed by atoms with Crippen molar-refractivity contribution in [2.24, 2.45) is 5.92 Å². The molecule has 2 nitrogen and oxygen atoms in total. The van der Waals surface area contributed by atoms with E-state index in [4.69, 9.17) is 4.74 Å². The molecule has 0 radical (unpaired) electrons. The van der Waals surface area contributed by atoms with E-state index >= 15 is 0 Å². The summed E-state index contributed by atoms with van der Waals surface area (Å²) in [5, 5.41) is 3.30. The Kier molecular flexibility index (Phi) is 4.65. The molecule has 2 rings (SSSR count). The Labute approximate surface area is 111 Å². The average Bonchev–Trinajstić information content (AvgIpc) is 2.37. The van der Waals surface area contributed by atoms with E-state index in [9.17, 15) is 0 Å². The lowest BCUT2D eigenvalue weighted by Crippen LogP contribution is -2.36. The monoisotopic (exact) mass is 247 g/mol. The third-order valence-corrected chi connectivity index (χ3v) is 4.14. The van der Waals surface area contributed by atoms with Crippen molar-refractivity contribution in [3.05, 3.63) is 29.3 Å². The molecule has 0 bridgehead atoms. The highest BCUT2D eigenvalue weighted by molar-refractivity contribution is 5.38. The van der Waals surface area contributed by atoms with Gasteiger partial charge in [-0.05, 0) is 57.4 Å². The van der Waals surface area contributed by atoms with Crippen molar-refractivity contribution in [3.8, 4) is 5.75 Å². The van der Waals surface area contributed by atoms with E-state index in [1.165, 1.54) is 36.8 Å². The predicted molar refractivity (Wildman–Crippen MR) is 76.2 cm³/mol. The molecule has 0 aliphatic heterocycles. The fourth-order valence-corrected chi connectivity index (χ4v) is 2.84. The van der Waals surface area contributed by atoms with Gasteiger partial charge in [0.05, 0.1) is 0 Å². The van der Waals surface area contributed by atoms with Crippen LogP contribution in [0.3, 0.4) is 0 Å². The molecule has 1 N–H and O–H groups in total. The van der Waals surface area contributed by atoms with Crippen LogP contribution in [-0.2, 0) is 0 Å². The molecule has 2 atom stereocenters. The Bertz CT molecular complexity index is 387. The third-order valence-electron chi connectivity index (χ3n) is 4.14. The van der Waals surface area contributed by atoms with Crippen molar-refractivity contribution in [2.75, 3.05) is 13.6 Å². The van der Waals surface area contributed by atoms with Crippen molar-refractivity contribution in [1.82, 2.24) is 5.32 Å². The SMILES string of the molecule is CNCC1CCCCC1Oc1cccc(C)c1C. The summed E-state index contributed by atoms with van der Waals surface area (Å²) >= 11 is 0. The molecule has 0 heterocycles. The topological polar surface area (TPSA) is 21.3 Å². The Hall–Kier alpha value is -1.02. The fourth-order valence-electron chi connectivity index (χ4n) is 2.84. The second-order valence-electron chi connectivity index (χ2n) is 5.46. The molecular formula is C16H25NO. The van der Waals surface area contributed by atoms with Gasteiger partial charge >= 0.3 is 0 Å². The zero-order chi connectivity index (χ0) is 13.0. The van der Waals surface area contributed by atoms with Gasteiger partial charge in [0.2, 0.25) is 0 Å². The van der Waals surface area contributed by atoms with Crippen LogP contribution >= 0.6 is 0 Å². The minimum atomic E-state index is 0.381. The summed E-state index contributed by atoms with van der Waals surface area (Å²) in [5.41, 5.74) is 2.60. The van der Waals surface area contributed by atoms with Crippen LogP contribution in [0.25, 0.3) is 0 Å². The maximum Gasteiger partial charge on any atom is 0.122 e. The third kappa shape index (κ3) is 3.05. The van der Waals surface area contributed by atoms with Gasteiger partial charge in [0.1, 0.15) is 11.9 Å². The summed E-state index contributed by atoms with van der Waals surface area (Å²) in [6.07, 6.45) is 5.51. The zero-order valence-electron chi connectivity index (χ0n) is 11.8. The molecule has 2 heteroatoms. The Morgan fingerprint density at radius 3 is 2.78 bits per heavy atom. The van der Waals surface area contributed by atoms with Gasteiger partial charge in [-0.3, -0.25) is 0 Å². The first-order valence-electron chi connectivity index (χ1n) is 7.10. The van der Waals surface area contributed by atoms with Gasteiger partial charge in [0.25, 0.3) is 0 Å². The van der Waals surface area contributed by atoms with Gasteiger partial charge in [-0.25, -0.2) is 0 Å². The summed E-state index contributed by atoms with van der Waals surface area (Å²) in [6, 6.07) is 6.34. The molecule has 1 aliphatic carbocycles. The van der Waals surface area contributed by atoms with Crippen LogP contribution < -0.4 is 10.1 Å². The first kappa shape index (κ1) is 13.4. The Balaban J connectivity index is 2.08. The van der Waals surface area contributed by atoms with E-state index in [1.807, 2.05) is 7.05 Å². The van der Waals surface area contributed by atoms with Crippen LogP contribution in [0.2, 0.25) is 0 Å². The number of hydrogen-bond acceptors (Lipinski definition) is 2. The molecule has 1 saturated carbocycles. The number of benzene rings is 1. The first-order valence-corrected chi connectivity index (χ1v) is 7.10. The molecular weight excluding hydrogens is 222 g/mol. The van der Waals surface area contributed by atoms with E-state index in [1.54, 1.807) is 0 Å². The van der Waals surface area contributed by atoms with E-state index in [-0.39, 0.29) is 0 Å². The number of hydrogen-bond donors (Lipinski definition) is 1. The minimum absolute atomic E-state index is 0.381. The van der Waals surface area contributed by atoms with E-state index < -0.39 is 0 Å². The van der Waals surface area contributed by atoms with Gasteiger partial charge in [0, 0.05) is 12.5 Å².